The highest BCUT2D eigenvalue weighted by Gasteiger charge is 2.51. The lowest BCUT2D eigenvalue weighted by molar-refractivity contribution is -0.122. The van der Waals surface area contributed by atoms with Crippen molar-refractivity contribution in [3.8, 4) is 0 Å². The summed E-state index contributed by atoms with van der Waals surface area (Å²) in [4.78, 5) is 27.7. The summed E-state index contributed by atoms with van der Waals surface area (Å²) in [5, 5.41) is 0. The van der Waals surface area contributed by atoms with E-state index in [1.807, 2.05) is 44.2 Å². The number of rotatable bonds is 2. The number of fused-ring (bicyclic) bond motifs is 1. The first kappa shape index (κ1) is 17.5. The largest absolute Gasteiger partial charge is 0.274 e. The molecule has 1 saturated heterocycles. The number of benzene rings is 2. The van der Waals surface area contributed by atoms with E-state index in [-0.39, 0.29) is 23.7 Å². The van der Waals surface area contributed by atoms with E-state index in [0.717, 1.165) is 40.5 Å². The number of amides is 2. The number of nitrogens with zero attached hydrogens (tertiary/aromatic N) is 1. The molecule has 0 radical (unpaired) electrons. The number of anilines is 1. The molecular formula is C22H22BrNO2. The molecule has 3 atom stereocenters. The average molecular weight is 412 g/mol. The van der Waals surface area contributed by atoms with E-state index in [4.69, 9.17) is 0 Å². The molecule has 3 nitrogen and oxygen atoms in total. The van der Waals surface area contributed by atoms with Crippen LogP contribution in [-0.2, 0) is 9.59 Å². The van der Waals surface area contributed by atoms with E-state index in [1.165, 1.54) is 10.5 Å². The highest BCUT2D eigenvalue weighted by Crippen LogP contribution is 2.46. The molecule has 2 fully saturated rings. The van der Waals surface area contributed by atoms with Gasteiger partial charge in [0.25, 0.3) is 0 Å². The van der Waals surface area contributed by atoms with Crippen molar-refractivity contribution in [1.29, 1.82) is 0 Å². The number of hydrogen-bond donors (Lipinski definition) is 0. The summed E-state index contributed by atoms with van der Waals surface area (Å²) >= 11 is 3.53. The SMILES string of the molecule is Cc1c(Br)ccc(N2C(=O)C3CCC(c4ccccc4)CC3C2=O)c1C. The van der Waals surface area contributed by atoms with Crippen LogP contribution in [-0.4, -0.2) is 11.8 Å². The summed E-state index contributed by atoms with van der Waals surface area (Å²) in [6, 6.07) is 14.2. The fourth-order valence-electron chi connectivity index (χ4n) is 4.46. The van der Waals surface area contributed by atoms with Crippen molar-refractivity contribution >= 4 is 33.4 Å². The minimum Gasteiger partial charge on any atom is -0.274 e. The van der Waals surface area contributed by atoms with Gasteiger partial charge in [0.1, 0.15) is 0 Å². The third-order valence-electron chi connectivity index (χ3n) is 6.13. The van der Waals surface area contributed by atoms with Gasteiger partial charge in [-0.15, -0.1) is 0 Å². The monoisotopic (exact) mass is 411 g/mol. The van der Waals surface area contributed by atoms with Crippen LogP contribution in [0.25, 0.3) is 0 Å². The number of carbonyl (C=O) groups is 2. The maximum atomic E-state index is 13.2. The molecule has 2 amide bonds. The summed E-state index contributed by atoms with van der Waals surface area (Å²) in [6.07, 6.45) is 2.53. The van der Waals surface area contributed by atoms with Gasteiger partial charge in [0.15, 0.2) is 0 Å². The van der Waals surface area contributed by atoms with Crippen molar-refractivity contribution in [3.05, 3.63) is 63.6 Å². The normalized spacial score (nSPS) is 25.5. The summed E-state index contributed by atoms with van der Waals surface area (Å²) in [5.74, 6) is -0.0284. The summed E-state index contributed by atoms with van der Waals surface area (Å²) in [6.45, 7) is 3.98. The molecule has 1 heterocycles. The second-order valence-electron chi connectivity index (χ2n) is 7.46. The molecule has 26 heavy (non-hydrogen) atoms. The van der Waals surface area contributed by atoms with Gasteiger partial charge in [0.2, 0.25) is 11.8 Å². The molecule has 134 valence electrons. The third-order valence-corrected chi connectivity index (χ3v) is 6.99. The number of imide groups is 1. The first-order valence-electron chi connectivity index (χ1n) is 9.17. The molecule has 2 aromatic carbocycles. The van der Waals surface area contributed by atoms with Crippen molar-refractivity contribution in [1.82, 2.24) is 0 Å². The molecule has 1 aliphatic carbocycles. The molecular weight excluding hydrogens is 390 g/mol. The highest BCUT2D eigenvalue weighted by molar-refractivity contribution is 9.10. The van der Waals surface area contributed by atoms with Gasteiger partial charge >= 0.3 is 0 Å². The highest BCUT2D eigenvalue weighted by atomic mass is 79.9. The Kier molecular flexibility index (Phi) is 4.47. The second kappa shape index (κ2) is 6.66. The Morgan fingerprint density at radius 3 is 2.31 bits per heavy atom. The molecule has 2 aromatic rings. The Hall–Kier alpha value is -1.94. The molecule has 2 aliphatic rings. The van der Waals surface area contributed by atoms with Crippen LogP contribution >= 0.6 is 15.9 Å². The zero-order valence-electron chi connectivity index (χ0n) is 15.0. The number of halogens is 1. The van der Waals surface area contributed by atoms with Gasteiger partial charge < -0.3 is 0 Å². The van der Waals surface area contributed by atoms with Crippen molar-refractivity contribution in [3.63, 3.8) is 0 Å². The third kappa shape index (κ3) is 2.71. The maximum absolute atomic E-state index is 13.2. The quantitative estimate of drug-likeness (QED) is 0.641. The number of carbonyl (C=O) groups excluding carboxylic acids is 2. The van der Waals surface area contributed by atoms with E-state index in [0.29, 0.717) is 5.92 Å². The zero-order valence-corrected chi connectivity index (χ0v) is 16.6. The van der Waals surface area contributed by atoms with E-state index < -0.39 is 0 Å². The minimum absolute atomic E-state index is 0.0173. The predicted octanol–water partition coefficient (Wildman–Crippen LogP) is 5.14. The van der Waals surface area contributed by atoms with Crippen molar-refractivity contribution in [2.75, 3.05) is 4.90 Å². The van der Waals surface area contributed by atoms with E-state index in [2.05, 4.69) is 28.1 Å². The van der Waals surface area contributed by atoms with Crippen molar-refractivity contribution < 1.29 is 9.59 Å². The van der Waals surface area contributed by atoms with Gasteiger partial charge in [-0.05, 0) is 67.9 Å². The topological polar surface area (TPSA) is 37.4 Å². The Bertz CT molecular complexity index is 877. The van der Waals surface area contributed by atoms with Crippen LogP contribution in [0.3, 0.4) is 0 Å². The van der Waals surface area contributed by atoms with Crippen LogP contribution in [0.15, 0.2) is 46.9 Å². The summed E-state index contributed by atoms with van der Waals surface area (Å²) < 4.78 is 0.999. The van der Waals surface area contributed by atoms with Crippen LogP contribution in [0, 0.1) is 25.7 Å². The molecule has 1 saturated carbocycles. The molecule has 4 heteroatoms. The van der Waals surface area contributed by atoms with Crippen molar-refractivity contribution in [2.24, 2.45) is 11.8 Å². The second-order valence-corrected chi connectivity index (χ2v) is 8.32. The summed E-state index contributed by atoms with van der Waals surface area (Å²) in [7, 11) is 0. The summed E-state index contributed by atoms with van der Waals surface area (Å²) in [5.41, 5.74) is 4.08. The fraction of sp³-hybridized carbons (Fsp3) is 0.364. The van der Waals surface area contributed by atoms with E-state index in [9.17, 15) is 9.59 Å². The van der Waals surface area contributed by atoms with E-state index >= 15 is 0 Å². The van der Waals surface area contributed by atoms with Crippen molar-refractivity contribution in [2.45, 2.75) is 39.0 Å². The first-order valence-corrected chi connectivity index (χ1v) is 9.96. The van der Waals surface area contributed by atoms with Crippen LogP contribution in [0.2, 0.25) is 0 Å². The molecule has 1 aliphatic heterocycles. The van der Waals surface area contributed by atoms with Gasteiger partial charge in [-0.25, -0.2) is 4.90 Å². The van der Waals surface area contributed by atoms with Gasteiger partial charge in [-0.1, -0.05) is 46.3 Å². The molecule has 4 rings (SSSR count). The first-order chi connectivity index (χ1) is 12.5. The average Bonchev–Trinajstić information content (AvgIpc) is 2.91. The van der Waals surface area contributed by atoms with Gasteiger partial charge in [-0.3, -0.25) is 9.59 Å². The lowest BCUT2D eigenvalue weighted by atomic mass is 9.73. The molecule has 3 unspecified atom stereocenters. The lowest BCUT2D eigenvalue weighted by Gasteiger charge is -2.28. The zero-order chi connectivity index (χ0) is 18.4. The Morgan fingerprint density at radius 2 is 1.58 bits per heavy atom. The Morgan fingerprint density at radius 1 is 0.885 bits per heavy atom. The molecule has 0 aromatic heterocycles. The predicted molar refractivity (Wildman–Crippen MR) is 106 cm³/mol. The fourth-order valence-corrected chi connectivity index (χ4v) is 4.89. The minimum atomic E-state index is -0.190. The lowest BCUT2D eigenvalue weighted by Crippen LogP contribution is -2.31. The van der Waals surface area contributed by atoms with Gasteiger partial charge in [0.05, 0.1) is 17.5 Å². The molecule has 0 N–H and O–H groups in total. The molecule has 0 spiro atoms. The van der Waals surface area contributed by atoms with Crippen LogP contribution in [0.5, 0.6) is 0 Å². The number of hydrogen-bond acceptors (Lipinski definition) is 2. The Labute approximate surface area is 162 Å². The molecule has 0 bridgehead atoms. The van der Waals surface area contributed by atoms with Crippen LogP contribution < -0.4 is 4.90 Å². The van der Waals surface area contributed by atoms with Gasteiger partial charge in [0, 0.05) is 4.47 Å². The Balaban J connectivity index is 1.65. The maximum Gasteiger partial charge on any atom is 0.237 e. The van der Waals surface area contributed by atoms with Crippen LogP contribution in [0.4, 0.5) is 5.69 Å². The smallest absolute Gasteiger partial charge is 0.237 e. The van der Waals surface area contributed by atoms with Crippen LogP contribution in [0.1, 0.15) is 41.9 Å². The van der Waals surface area contributed by atoms with E-state index in [1.54, 1.807) is 0 Å². The van der Waals surface area contributed by atoms with Gasteiger partial charge in [-0.2, -0.15) is 0 Å². The standard InChI is InChI=1S/C22H22BrNO2/c1-13-14(2)20(11-10-19(13)23)24-21(25)17-9-8-16(12-18(17)22(24)26)15-6-4-3-5-7-15/h3-7,10-11,16-18H,8-9,12H2,1-2H3.